The van der Waals surface area contributed by atoms with Crippen molar-refractivity contribution in [3.05, 3.63) is 83.0 Å². The highest BCUT2D eigenvalue weighted by molar-refractivity contribution is 7.99. The van der Waals surface area contributed by atoms with Crippen LogP contribution in [0.3, 0.4) is 0 Å². The summed E-state index contributed by atoms with van der Waals surface area (Å²) >= 11 is 7.80. The number of hydrogen-bond donors (Lipinski definition) is 3. The van der Waals surface area contributed by atoms with E-state index in [0.717, 1.165) is 30.6 Å². The summed E-state index contributed by atoms with van der Waals surface area (Å²) in [6.07, 6.45) is 5.21. The average Bonchev–Trinajstić information content (AvgIpc) is 2.81. The molecule has 0 saturated heterocycles. The molecule has 0 aliphatic heterocycles. The van der Waals surface area contributed by atoms with Crippen molar-refractivity contribution >= 4 is 40.9 Å². The van der Waals surface area contributed by atoms with E-state index in [-0.39, 0.29) is 28.9 Å². The molecule has 1 aliphatic rings. The minimum absolute atomic E-state index is 0.110. The fraction of sp³-hybridized carbons (Fsp3) is 0.240. The summed E-state index contributed by atoms with van der Waals surface area (Å²) in [6, 6.07) is 18.4. The molecule has 0 spiro atoms. The van der Waals surface area contributed by atoms with E-state index in [1.165, 1.54) is 11.8 Å². The Morgan fingerprint density at radius 1 is 0.939 bits per heavy atom. The molecule has 1 aliphatic carbocycles. The molecule has 1 heterocycles. The predicted octanol–water partition coefficient (Wildman–Crippen LogP) is 5.14. The highest BCUT2D eigenvalue weighted by Crippen LogP contribution is 2.29. The number of aromatic nitrogens is 1. The van der Waals surface area contributed by atoms with Crippen LogP contribution in [0.5, 0.6) is 0 Å². The van der Waals surface area contributed by atoms with Crippen LogP contribution in [0.4, 0.5) is 5.69 Å². The molecule has 3 aromatic rings. The smallest absolute Gasteiger partial charge is 0.258 e. The van der Waals surface area contributed by atoms with Crippen molar-refractivity contribution in [3.8, 4) is 0 Å². The third-order valence-electron chi connectivity index (χ3n) is 5.55. The number of carbonyl (C=O) groups is 2. The summed E-state index contributed by atoms with van der Waals surface area (Å²) in [5.74, 6) is -0.513. The Kier molecular flexibility index (Phi) is 7.65. The molecule has 2 aromatic carbocycles. The minimum atomic E-state index is -0.298. The van der Waals surface area contributed by atoms with Crippen LogP contribution in [-0.2, 0) is 0 Å². The van der Waals surface area contributed by atoms with Crippen molar-refractivity contribution in [3.63, 3.8) is 0 Å². The van der Waals surface area contributed by atoms with E-state index in [0.29, 0.717) is 21.8 Å². The van der Waals surface area contributed by atoms with Gasteiger partial charge in [-0.05, 0) is 68.1 Å². The SMILES string of the molecule is NC1CCC(NC(=O)c2ccc(NC(=O)c3cccnc3Sc3ccccc3)cc2Cl)CC1. The Hall–Kier alpha value is -2.87. The standard InChI is InChI=1S/C25H25ClN4O2S/c26-22-15-18(12-13-20(22)23(31)29-17-10-8-16(27)9-11-17)30-24(32)21-7-4-14-28-25(21)33-19-5-2-1-3-6-19/h1-7,12-17H,8-11,27H2,(H,29,31)(H,30,32). The summed E-state index contributed by atoms with van der Waals surface area (Å²) in [5, 5.41) is 6.78. The molecule has 0 unspecified atom stereocenters. The van der Waals surface area contributed by atoms with Crippen LogP contribution in [0.25, 0.3) is 0 Å². The van der Waals surface area contributed by atoms with E-state index >= 15 is 0 Å². The van der Waals surface area contributed by atoms with E-state index in [4.69, 9.17) is 17.3 Å². The summed E-state index contributed by atoms with van der Waals surface area (Å²) in [6.45, 7) is 0. The van der Waals surface area contributed by atoms with Crippen molar-refractivity contribution in [2.24, 2.45) is 5.73 Å². The number of anilines is 1. The minimum Gasteiger partial charge on any atom is -0.349 e. The third-order valence-corrected chi connectivity index (χ3v) is 6.89. The van der Waals surface area contributed by atoms with Gasteiger partial charge in [-0.15, -0.1) is 0 Å². The van der Waals surface area contributed by atoms with E-state index in [1.807, 2.05) is 30.3 Å². The van der Waals surface area contributed by atoms with Crippen LogP contribution in [0.15, 0.2) is 76.8 Å². The fourth-order valence-electron chi connectivity index (χ4n) is 3.75. The Morgan fingerprint density at radius 3 is 2.42 bits per heavy atom. The maximum Gasteiger partial charge on any atom is 0.258 e. The number of pyridine rings is 1. The lowest BCUT2D eigenvalue weighted by Crippen LogP contribution is -2.40. The second-order valence-electron chi connectivity index (χ2n) is 8.01. The van der Waals surface area contributed by atoms with Crippen molar-refractivity contribution in [1.29, 1.82) is 0 Å². The molecule has 33 heavy (non-hydrogen) atoms. The summed E-state index contributed by atoms with van der Waals surface area (Å²) < 4.78 is 0. The number of nitrogens with zero attached hydrogens (tertiary/aromatic N) is 1. The number of halogens is 1. The second kappa shape index (κ2) is 10.8. The largest absolute Gasteiger partial charge is 0.349 e. The molecule has 1 fully saturated rings. The molecular formula is C25H25ClN4O2S. The molecule has 170 valence electrons. The highest BCUT2D eigenvalue weighted by atomic mass is 35.5. The lowest BCUT2D eigenvalue weighted by Gasteiger charge is -2.27. The molecule has 0 bridgehead atoms. The van der Waals surface area contributed by atoms with Gasteiger partial charge in [0.1, 0.15) is 5.03 Å². The van der Waals surface area contributed by atoms with Gasteiger partial charge in [0, 0.05) is 28.9 Å². The van der Waals surface area contributed by atoms with Gasteiger partial charge in [0.15, 0.2) is 0 Å². The van der Waals surface area contributed by atoms with Gasteiger partial charge in [0.2, 0.25) is 0 Å². The lowest BCUT2D eigenvalue weighted by atomic mass is 9.91. The van der Waals surface area contributed by atoms with Crippen molar-refractivity contribution in [2.75, 3.05) is 5.32 Å². The Bertz CT molecular complexity index is 1130. The molecule has 1 aromatic heterocycles. The number of nitrogens with two attached hydrogens (primary N) is 1. The Morgan fingerprint density at radius 2 is 1.70 bits per heavy atom. The van der Waals surface area contributed by atoms with Crippen LogP contribution in [0.1, 0.15) is 46.4 Å². The first-order chi connectivity index (χ1) is 16.0. The number of rotatable bonds is 6. The first-order valence-electron chi connectivity index (χ1n) is 10.8. The molecule has 4 rings (SSSR count). The number of hydrogen-bond acceptors (Lipinski definition) is 5. The van der Waals surface area contributed by atoms with Gasteiger partial charge in [0.05, 0.1) is 16.1 Å². The Balaban J connectivity index is 1.43. The van der Waals surface area contributed by atoms with Crippen molar-refractivity contribution in [2.45, 2.75) is 47.7 Å². The van der Waals surface area contributed by atoms with Gasteiger partial charge in [0.25, 0.3) is 11.8 Å². The summed E-state index contributed by atoms with van der Waals surface area (Å²) in [5.41, 5.74) is 7.28. The van der Waals surface area contributed by atoms with Crippen LogP contribution in [0, 0.1) is 0 Å². The molecule has 0 radical (unpaired) electrons. The first kappa shape index (κ1) is 23.3. The van der Waals surface area contributed by atoms with Crippen molar-refractivity contribution < 1.29 is 9.59 Å². The number of amides is 2. The molecular weight excluding hydrogens is 456 g/mol. The second-order valence-corrected chi connectivity index (χ2v) is 9.47. The molecule has 2 amide bonds. The van der Waals surface area contributed by atoms with Gasteiger partial charge < -0.3 is 16.4 Å². The van der Waals surface area contributed by atoms with Crippen molar-refractivity contribution in [1.82, 2.24) is 10.3 Å². The van der Waals surface area contributed by atoms with Gasteiger partial charge in [-0.25, -0.2) is 4.98 Å². The maximum atomic E-state index is 12.9. The average molecular weight is 481 g/mol. The van der Waals surface area contributed by atoms with Gasteiger partial charge in [-0.2, -0.15) is 0 Å². The first-order valence-corrected chi connectivity index (χ1v) is 12.0. The number of benzene rings is 2. The predicted molar refractivity (Wildman–Crippen MR) is 132 cm³/mol. The summed E-state index contributed by atoms with van der Waals surface area (Å²) in [4.78, 5) is 31.0. The Labute approximate surface area is 202 Å². The molecule has 6 nitrogen and oxygen atoms in total. The molecule has 8 heteroatoms. The van der Waals surface area contributed by atoms with Gasteiger partial charge in [-0.1, -0.05) is 41.6 Å². The number of nitrogens with one attached hydrogen (secondary N) is 2. The van der Waals surface area contributed by atoms with Crippen LogP contribution in [-0.4, -0.2) is 28.9 Å². The van der Waals surface area contributed by atoms with E-state index < -0.39 is 0 Å². The van der Waals surface area contributed by atoms with E-state index in [1.54, 1.807) is 36.5 Å². The zero-order valence-corrected chi connectivity index (χ0v) is 19.5. The number of carbonyl (C=O) groups excluding carboxylic acids is 2. The topological polar surface area (TPSA) is 97.1 Å². The van der Waals surface area contributed by atoms with Gasteiger partial charge >= 0.3 is 0 Å². The highest BCUT2D eigenvalue weighted by Gasteiger charge is 2.22. The van der Waals surface area contributed by atoms with E-state index in [2.05, 4.69) is 15.6 Å². The lowest BCUT2D eigenvalue weighted by molar-refractivity contribution is 0.0925. The summed E-state index contributed by atoms with van der Waals surface area (Å²) in [7, 11) is 0. The maximum absolute atomic E-state index is 12.9. The van der Waals surface area contributed by atoms with Crippen LogP contribution < -0.4 is 16.4 Å². The quantitative estimate of drug-likeness (QED) is 0.454. The van der Waals surface area contributed by atoms with Crippen LogP contribution in [0.2, 0.25) is 5.02 Å². The molecule has 4 N–H and O–H groups in total. The normalized spacial score (nSPS) is 17.9. The zero-order chi connectivity index (χ0) is 23.2. The van der Waals surface area contributed by atoms with Gasteiger partial charge in [-0.3, -0.25) is 9.59 Å². The fourth-order valence-corrected chi connectivity index (χ4v) is 4.91. The van der Waals surface area contributed by atoms with E-state index in [9.17, 15) is 9.59 Å². The third kappa shape index (κ3) is 6.13. The van der Waals surface area contributed by atoms with Crippen LogP contribution >= 0.6 is 23.4 Å². The molecule has 0 atom stereocenters. The molecule has 1 saturated carbocycles. The zero-order valence-electron chi connectivity index (χ0n) is 18.0. The monoisotopic (exact) mass is 480 g/mol.